The van der Waals surface area contributed by atoms with Crippen LogP contribution < -0.4 is 0 Å². The quantitative estimate of drug-likeness (QED) is 0.744. The molecule has 2 heterocycles. The van der Waals surface area contributed by atoms with Gasteiger partial charge in [-0.1, -0.05) is 0 Å². The molecule has 1 saturated carbocycles. The van der Waals surface area contributed by atoms with Crippen molar-refractivity contribution in [1.29, 1.82) is 0 Å². The maximum Gasteiger partial charge on any atom is 0.211 e. The first-order chi connectivity index (χ1) is 7.90. The first kappa shape index (κ1) is 11.2. The predicted molar refractivity (Wildman–Crippen MR) is 61.8 cm³/mol. The number of nitrogens with zero attached hydrogens (tertiary/aromatic N) is 4. The van der Waals surface area contributed by atoms with E-state index in [2.05, 4.69) is 10.2 Å². The molecule has 1 saturated heterocycles. The van der Waals surface area contributed by atoms with Gasteiger partial charge in [-0.3, -0.25) is 0 Å². The SMILES string of the molecule is Cn1cnnc1C1CC2(C1)CN(S(C)(=O)=O)C2. The third-order valence-electron chi connectivity index (χ3n) is 3.96. The van der Waals surface area contributed by atoms with E-state index in [1.54, 1.807) is 10.6 Å². The Morgan fingerprint density at radius 1 is 1.41 bits per heavy atom. The van der Waals surface area contributed by atoms with Gasteiger partial charge in [0.15, 0.2) is 0 Å². The van der Waals surface area contributed by atoms with Crippen molar-refractivity contribution in [3.63, 3.8) is 0 Å². The molecule has 6 nitrogen and oxygen atoms in total. The van der Waals surface area contributed by atoms with Crippen molar-refractivity contribution < 1.29 is 8.42 Å². The van der Waals surface area contributed by atoms with E-state index in [0.29, 0.717) is 19.0 Å². The van der Waals surface area contributed by atoms with Gasteiger partial charge in [0.2, 0.25) is 10.0 Å². The molecule has 0 aromatic carbocycles. The van der Waals surface area contributed by atoms with E-state index in [0.717, 1.165) is 18.7 Å². The molecular weight excluding hydrogens is 240 g/mol. The van der Waals surface area contributed by atoms with E-state index in [4.69, 9.17) is 0 Å². The van der Waals surface area contributed by atoms with Gasteiger partial charge in [0.25, 0.3) is 0 Å². The Hall–Kier alpha value is -0.950. The highest BCUT2D eigenvalue weighted by atomic mass is 32.2. The lowest BCUT2D eigenvalue weighted by atomic mass is 9.58. The van der Waals surface area contributed by atoms with E-state index in [-0.39, 0.29) is 5.41 Å². The first-order valence-corrected chi connectivity index (χ1v) is 7.54. The molecule has 0 unspecified atom stereocenters. The van der Waals surface area contributed by atoms with Crippen molar-refractivity contribution in [3.05, 3.63) is 12.2 Å². The number of hydrogen-bond donors (Lipinski definition) is 0. The highest BCUT2D eigenvalue weighted by molar-refractivity contribution is 7.88. The molecule has 2 aliphatic rings. The fourth-order valence-corrected chi connectivity index (χ4v) is 4.04. The number of sulfonamides is 1. The average molecular weight is 256 g/mol. The highest BCUT2D eigenvalue weighted by Gasteiger charge is 2.55. The third-order valence-corrected chi connectivity index (χ3v) is 5.16. The molecule has 7 heteroatoms. The lowest BCUT2D eigenvalue weighted by Gasteiger charge is -2.57. The van der Waals surface area contributed by atoms with E-state index < -0.39 is 10.0 Å². The minimum absolute atomic E-state index is 0.222. The fraction of sp³-hybridized carbons (Fsp3) is 0.800. The standard InChI is InChI=1S/C10H16N4O2S/c1-13-7-11-12-9(13)8-3-10(4-8)5-14(6-10)17(2,15)16/h7-8H,3-6H2,1-2H3. The summed E-state index contributed by atoms with van der Waals surface area (Å²) in [5.74, 6) is 1.47. The first-order valence-electron chi connectivity index (χ1n) is 5.69. The largest absolute Gasteiger partial charge is 0.320 e. The zero-order valence-electron chi connectivity index (χ0n) is 10.00. The van der Waals surface area contributed by atoms with Crippen molar-refractivity contribution in [2.24, 2.45) is 12.5 Å². The molecule has 3 rings (SSSR count). The van der Waals surface area contributed by atoms with Crippen LogP contribution in [-0.2, 0) is 17.1 Å². The fourth-order valence-electron chi connectivity index (χ4n) is 3.02. The van der Waals surface area contributed by atoms with Crippen LogP contribution in [0.5, 0.6) is 0 Å². The number of hydrogen-bond acceptors (Lipinski definition) is 4. The van der Waals surface area contributed by atoms with Crippen LogP contribution in [-0.4, -0.2) is 46.8 Å². The Kier molecular flexibility index (Phi) is 2.16. The molecule has 1 aliphatic carbocycles. The average Bonchev–Trinajstić information content (AvgIpc) is 2.44. The van der Waals surface area contributed by atoms with Gasteiger partial charge in [-0.2, -0.15) is 0 Å². The Labute approximate surface area is 101 Å². The molecule has 2 fully saturated rings. The van der Waals surface area contributed by atoms with Gasteiger partial charge in [-0.05, 0) is 18.3 Å². The maximum absolute atomic E-state index is 11.3. The summed E-state index contributed by atoms with van der Waals surface area (Å²) < 4.78 is 26.1. The van der Waals surface area contributed by atoms with Crippen LogP contribution in [0.1, 0.15) is 24.6 Å². The van der Waals surface area contributed by atoms with E-state index >= 15 is 0 Å². The molecule has 1 aromatic rings. The predicted octanol–water partition coefficient (Wildman–Crippen LogP) is -0.0459. The van der Waals surface area contributed by atoms with Gasteiger partial charge < -0.3 is 4.57 Å². The second kappa shape index (κ2) is 3.29. The lowest BCUT2D eigenvalue weighted by molar-refractivity contribution is -0.0281. The lowest BCUT2D eigenvalue weighted by Crippen LogP contribution is -2.63. The molecule has 0 bridgehead atoms. The normalized spacial score (nSPS) is 24.6. The van der Waals surface area contributed by atoms with Gasteiger partial charge in [0, 0.05) is 26.1 Å². The number of rotatable bonds is 2. The summed E-state index contributed by atoms with van der Waals surface area (Å²) >= 11 is 0. The van der Waals surface area contributed by atoms with Gasteiger partial charge in [-0.25, -0.2) is 12.7 Å². The van der Waals surface area contributed by atoms with E-state index in [1.807, 2.05) is 11.6 Å². The molecular formula is C10H16N4O2S. The summed E-state index contributed by atoms with van der Waals surface area (Å²) in [4.78, 5) is 0. The Bertz CT molecular complexity index is 536. The molecule has 94 valence electrons. The zero-order valence-corrected chi connectivity index (χ0v) is 10.8. The van der Waals surface area contributed by atoms with E-state index in [1.165, 1.54) is 6.26 Å². The minimum atomic E-state index is -2.99. The molecule has 1 aliphatic heterocycles. The summed E-state index contributed by atoms with van der Waals surface area (Å²) in [7, 11) is -1.04. The summed E-state index contributed by atoms with van der Waals surface area (Å²) in [5.41, 5.74) is 0.222. The van der Waals surface area contributed by atoms with Gasteiger partial charge in [0.1, 0.15) is 12.2 Å². The molecule has 0 radical (unpaired) electrons. The Morgan fingerprint density at radius 3 is 2.53 bits per heavy atom. The van der Waals surface area contributed by atoms with Crippen LogP contribution in [0, 0.1) is 5.41 Å². The van der Waals surface area contributed by atoms with Gasteiger partial charge >= 0.3 is 0 Å². The van der Waals surface area contributed by atoms with Gasteiger partial charge in [0.05, 0.1) is 6.26 Å². The van der Waals surface area contributed by atoms with Crippen LogP contribution in [0.4, 0.5) is 0 Å². The van der Waals surface area contributed by atoms with Crippen molar-refractivity contribution in [2.75, 3.05) is 19.3 Å². The van der Waals surface area contributed by atoms with Crippen molar-refractivity contribution >= 4 is 10.0 Å². The molecule has 0 atom stereocenters. The van der Waals surface area contributed by atoms with Crippen LogP contribution >= 0.6 is 0 Å². The van der Waals surface area contributed by atoms with Crippen LogP contribution in [0.25, 0.3) is 0 Å². The summed E-state index contributed by atoms with van der Waals surface area (Å²) in [6, 6.07) is 0. The van der Waals surface area contributed by atoms with E-state index in [9.17, 15) is 8.42 Å². The Morgan fingerprint density at radius 2 is 2.06 bits per heavy atom. The van der Waals surface area contributed by atoms with Crippen LogP contribution in [0.3, 0.4) is 0 Å². The van der Waals surface area contributed by atoms with Crippen molar-refractivity contribution in [3.8, 4) is 0 Å². The molecule has 1 spiro atoms. The number of aromatic nitrogens is 3. The molecule has 0 N–H and O–H groups in total. The maximum atomic E-state index is 11.3. The highest BCUT2D eigenvalue weighted by Crippen LogP contribution is 2.55. The van der Waals surface area contributed by atoms with Crippen LogP contribution in [0.2, 0.25) is 0 Å². The topological polar surface area (TPSA) is 68.1 Å². The monoisotopic (exact) mass is 256 g/mol. The summed E-state index contributed by atoms with van der Waals surface area (Å²) in [6.07, 6.45) is 5.06. The second-order valence-electron chi connectivity index (χ2n) is 5.44. The Balaban J connectivity index is 1.62. The summed E-state index contributed by atoms with van der Waals surface area (Å²) in [5, 5.41) is 7.99. The second-order valence-corrected chi connectivity index (χ2v) is 7.42. The molecule has 0 amide bonds. The van der Waals surface area contributed by atoms with Crippen molar-refractivity contribution in [2.45, 2.75) is 18.8 Å². The number of aryl methyl sites for hydroxylation is 1. The third kappa shape index (κ3) is 1.68. The zero-order chi connectivity index (χ0) is 12.3. The molecule has 17 heavy (non-hydrogen) atoms. The molecule has 1 aromatic heterocycles. The smallest absolute Gasteiger partial charge is 0.211 e. The van der Waals surface area contributed by atoms with Crippen molar-refractivity contribution in [1.82, 2.24) is 19.1 Å². The minimum Gasteiger partial charge on any atom is -0.320 e. The van der Waals surface area contributed by atoms with Crippen LogP contribution in [0.15, 0.2) is 6.33 Å². The van der Waals surface area contributed by atoms with Gasteiger partial charge in [-0.15, -0.1) is 10.2 Å². The summed E-state index contributed by atoms with van der Waals surface area (Å²) in [6.45, 7) is 1.36.